The lowest BCUT2D eigenvalue weighted by molar-refractivity contribution is 0.748. The summed E-state index contributed by atoms with van der Waals surface area (Å²) in [5.41, 5.74) is 13.0. The van der Waals surface area contributed by atoms with Gasteiger partial charge in [0.15, 0.2) is 0 Å². The molecule has 53 heavy (non-hydrogen) atoms. The van der Waals surface area contributed by atoms with Gasteiger partial charge in [0.25, 0.3) is 0 Å². The maximum atomic E-state index is 9.20. The Bertz CT molecular complexity index is 2790. The summed E-state index contributed by atoms with van der Waals surface area (Å²) in [7, 11) is 4.09. The van der Waals surface area contributed by atoms with Gasteiger partial charge in [-0.1, -0.05) is 133 Å². The van der Waals surface area contributed by atoms with Crippen LogP contribution in [0, 0.1) is 5.41 Å². The lowest BCUT2D eigenvalue weighted by atomic mass is 10.0. The molecule has 0 saturated carbocycles. The van der Waals surface area contributed by atoms with Crippen LogP contribution in [-0.4, -0.2) is 33.8 Å². The number of hydrogen-bond acceptors (Lipinski definition) is 3. The van der Waals surface area contributed by atoms with E-state index in [0.717, 1.165) is 77.9 Å². The highest BCUT2D eigenvalue weighted by Crippen LogP contribution is 2.38. The Morgan fingerprint density at radius 1 is 0.528 bits per heavy atom. The molecule has 9 aromatic rings. The van der Waals surface area contributed by atoms with Crippen LogP contribution in [0.25, 0.3) is 49.9 Å². The Labute approximate surface area is 308 Å². The monoisotopic (exact) mass is 686 g/mol. The van der Waals surface area contributed by atoms with E-state index in [4.69, 9.17) is 0 Å². The molecule has 0 atom stereocenters. The summed E-state index contributed by atoms with van der Waals surface area (Å²) in [4.78, 5) is 0. The predicted octanol–water partition coefficient (Wildman–Crippen LogP) is 10.4. The Morgan fingerprint density at radius 2 is 1.09 bits per heavy atom. The molecule has 0 saturated heterocycles. The van der Waals surface area contributed by atoms with Gasteiger partial charge in [0.1, 0.15) is 0 Å². The summed E-state index contributed by atoms with van der Waals surface area (Å²) in [5.74, 6) is 0. The molecule has 256 valence electrons. The second-order valence-corrected chi connectivity index (χ2v) is 13.1. The fourth-order valence-corrected chi connectivity index (χ4v) is 7.67. The SMILES string of the molecule is CN/C(=C(/c1ccc2c(c1)c1ccccc1n2N(C)c1ccccc1C(=N)c1ccccc1)n1c2ccccc2n1-c1ccccc1)c1ccccc1. The van der Waals surface area contributed by atoms with Crippen LogP contribution in [0.3, 0.4) is 0 Å². The molecule has 0 radical (unpaired) electrons. The Morgan fingerprint density at radius 3 is 1.81 bits per heavy atom. The summed E-state index contributed by atoms with van der Waals surface area (Å²) >= 11 is 0. The number of nitrogens with zero attached hydrogens (tertiary/aromatic N) is 4. The van der Waals surface area contributed by atoms with Gasteiger partial charge in [-0.05, 0) is 54.1 Å². The Hall–Kier alpha value is -7.05. The zero-order valence-corrected chi connectivity index (χ0v) is 29.6. The average molecular weight is 687 g/mol. The van der Waals surface area contributed by atoms with Gasteiger partial charge in [0, 0.05) is 41.6 Å². The van der Waals surface area contributed by atoms with E-state index < -0.39 is 0 Å². The first-order chi connectivity index (χ1) is 26.1. The van der Waals surface area contributed by atoms with E-state index in [1.54, 1.807) is 0 Å². The zero-order valence-electron chi connectivity index (χ0n) is 29.6. The van der Waals surface area contributed by atoms with E-state index in [1.165, 1.54) is 0 Å². The lowest BCUT2D eigenvalue weighted by Crippen LogP contribution is -2.26. The topological polar surface area (TPSA) is 53.9 Å². The van der Waals surface area contributed by atoms with Gasteiger partial charge < -0.3 is 5.32 Å². The smallest absolute Gasteiger partial charge is 0.0947 e. The third-order valence-electron chi connectivity index (χ3n) is 10.1. The number of nitrogens with one attached hydrogen (secondary N) is 2. The minimum absolute atomic E-state index is 0.490. The van der Waals surface area contributed by atoms with Crippen molar-refractivity contribution in [1.82, 2.24) is 19.4 Å². The maximum absolute atomic E-state index is 9.20. The molecule has 0 aliphatic carbocycles. The van der Waals surface area contributed by atoms with Crippen LogP contribution in [0.15, 0.2) is 182 Å². The molecule has 0 bridgehead atoms. The van der Waals surface area contributed by atoms with Gasteiger partial charge in [-0.2, -0.15) is 0 Å². The number of para-hydroxylation sites is 5. The van der Waals surface area contributed by atoms with Crippen molar-refractivity contribution >= 4 is 55.6 Å². The quantitative estimate of drug-likeness (QED) is 0.117. The van der Waals surface area contributed by atoms with Crippen molar-refractivity contribution in [2.45, 2.75) is 0 Å². The highest BCUT2D eigenvalue weighted by atomic mass is 15.5. The number of hydrogen-bond donors (Lipinski definition) is 2. The fourth-order valence-electron chi connectivity index (χ4n) is 7.67. The van der Waals surface area contributed by atoms with Crippen molar-refractivity contribution in [2.24, 2.45) is 0 Å². The van der Waals surface area contributed by atoms with E-state index in [1.807, 2.05) is 55.6 Å². The highest BCUT2D eigenvalue weighted by Gasteiger charge is 2.25. The minimum Gasteiger partial charge on any atom is -0.386 e. The zero-order chi connectivity index (χ0) is 35.9. The van der Waals surface area contributed by atoms with Crippen molar-refractivity contribution in [3.8, 4) is 5.69 Å². The second-order valence-electron chi connectivity index (χ2n) is 13.1. The van der Waals surface area contributed by atoms with Gasteiger partial charge in [0.05, 0.1) is 50.5 Å². The molecular formula is C47H38N6. The van der Waals surface area contributed by atoms with Crippen molar-refractivity contribution in [1.29, 1.82) is 5.41 Å². The van der Waals surface area contributed by atoms with E-state index in [9.17, 15) is 5.41 Å². The number of aromatic nitrogens is 3. The first kappa shape index (κ1) is 31.9. The van der Waals surface area contributed by atoms with Crippen LogP contribution < -0.4 is 10.3 Å². The third kappa shape index (κ3) is 5.31. The number of anilines is 1. The average Bonchev–Trinajstić information content (AvgIpc) is 3.55. The number of rotatable bonds is 9. The van der Waals surface area contributed by atoms with Crippen molar-refractivity contribution in [3.05, 3.63) is 204 Å². The largest absolute Gasteiger partial charge is 0.386 e. The van der Waals surface area contributed by atoms with Crippen LogP contribution in [0.2, 0.25) is 0 Å². The van der Waals surface area contributed by atoms with Gasteiger partial charge >= 0.3 is 0 Å². The molecule has 0 amide bonds. The molecular weight excluding hydrogens is 649 g/mol. The van der Waals surface area contributed by atoms with Crippen LogP contribution in [-0.2, 0) is 0 Å². The van der Waals surface area contributed by atoms with E-state index in [2.05, 4.69) is 165 Å². The van der Waals surface area contributed by atoms with Crippen LogP contribution in [0.4, 0.5) is 5.69 Å². The molecule has 7 aromatic carbocycles. The Balaban J connectivity index is 1.28. The lowest BCUT2D eigenvalue weighted by Gasteiger charge is -2.31. The molecule has 9 rings (SSSR count). The van der Waals surface area contributed by atoms with Crippen molar-refractivity contribution in [3.63, 3.8) is 0 Å². The van der Waals surface area contributed by atoms with Crippen LogP contribution in [0.5, 0.6) is 0 Å². The first-order valence-electron chi connectivity index (χ1n) is 17.9. The first-order valence-corrected chi connectivity index (χ1v) is 17.9. The van der Waals surface area contributed by atoms with E-state index >= 15 is 0 Å². The number of benzene rings is 7. The highest BCUT2D eigenvalue weighted by molar-refractivity contribution is 6.15. The minimum atomic E-state index is 0.490. The predicted molar refractivity (Wildman–Crippen MR) is 221 cm³/mol. The van der Waals surface area contributed by atoms with E-state index in [-0.39, 0.29) is 0 Å². The molecule has 0 spiro atoms. The molecule has 6 heteroatoms. The van der Waals surface area contributed by atoms with E-state index in [0.29, 0.717) is 5.71 Å². The fraction of sp³-hybridized carbons (Fsp3) is 0.0426. The Kier molecular flexibility index (Phi) is 7.97. The summed E-state index contributed by atoms with van der Waals surface area (Å²) < 4.78 is 6.91. The summed E-state index contributed by atoms with van der Waals surface area (Å²) in [6.45, 7) is 0. The molecule has 0 aliphatic rings. The summed E-state index contributed by atoms with van der Waals surface area (Å²) in [6.07, 6.45) is 0. The number of fused-ring (bicyclic) bond motifs is 4. The van der Waals surface area contributed by atoms with Gasteiger partial charge in [-0.25, -0.2) is 9.36 Å². The normalized spacial score (nSPS) is 12.0. The molecule has 0 aliphatic heterocycles. The van der Waals surface area contributed by atoms with Gasteiger partial charge in [-0.3, -0.25) is 15.1 Å². The summed E-state index contributed by atoms with van der Waals surface area (Å²) in [6, 6.07) is 63.2. The molecule has 0 fully saturated rings. The van der Waals surface area contributed by atoms with Crippen LogP contribution >= 0.6 is 0 Å². The van der Waals surface area contributed by atoms with Crippen molar-refractivity contribution < 1.29 is 0 Å². The molecule has 0 unspecified atom stereocenters. The standard InChI is InChI=1S/C47H38N6/c1-49-46(34-20-8-4-9-21-34)47(53-44-29-17-16-28-43(44)51(53)36-22-10-5-11-23-36)35-30-31-42-39(32-35)37-24-12-15-27-41(37)52(42)50(2)40-26-14-13-25-38(40)45(48)33-18-6-3-7-19-33/h3-32,48-49H,1-2H3/b47-46-,48-45?. The van der Waals surface area contributed by atoms with Crippen LogP contribution in [0.1, 0.15) is 22.3 Å². The van der Waals surface area contributed by atoms with Crippen molar-refractivity contribution in [2.75, 3.05) is 19.1 Å². The molecule has 2 N–H and O–H groups in total. The molecule has 2 aromatic heterocycles. The molecule has 6 nitrogen and oxygen atoms in total. The summed E-state index contributed by atoms with van der Waals surface area (Å²) in [5, 5.41) is 17.3. The third-order valence-corrected chi connectivity index (χ3v) is 10.1. The van der Waals surface area contributed by atoms with Gasteiger partial charge in [-0.15, -0.1) is 0 Å². The molecule has 2 heterocycles. The second kappa shape index (κ2) is 13.2. The van der Waals surface area contributed by atoms with Gasteiger partial charge in [0.2, 0.25) is 0 Å². The maximum Gasteiger partial charge on any atom is 0.0947 e.